The van der Waals surface area contributed by atoms with Crippen LogP contribution in [-0.4, -0.2) is 9.55 Å². The maximum atomic E-state index is 4.76. The Morgan fingerprint density at radius 1 is 1.00 bits per heavy atom. The number of nitrogens with zero attached hydrogens (tertiary/aromatic N) is 2. The third-order valence-corrected chi connectivity index (χ3v) is 4.01. The highest BCUT2D eigenvalue weighted by atomic mass is 15.1. The number of imidazole rings is 1. The molecular weight excluding hydrogens is 244 g/mol. The van der Waals surface area contributed by atoms with Crippen LogP contribution < -0.4 is 0 Å². The molecule has 0 N–H and O–H groups in total. The summed E-state index contributed by atoms with van der Waals surface area (Å²) in [6.45, 7) is 4.30. The average molecular weight is 264 g/mol. The van der Waals surface area contributed by atoms with Gasteiger partial charge in [0.25, 0.3) is 0 Å². The Morgan fingerprint density at radius 3 is 2.60 bits per heavy atom. The molecule has 0 unspecified atom stereocenters. The number of hydrogen-bond donors (Lipinski definition) is 0. The van der Waals surface area contributed by atoms with Crippen LogP contribution in [-0.2, 0) is 19.9 Å². The molecule has 20 heavy (non-hydrogen) atoms. The lowest BCUT2D eigenvalue weighted by molar-refractivity contribution is 0.784. The van der Waals surface area contributed by atoms with Crippen LogP contribution in [0.15, 0.2) is 42.5 Å². The van der Waals surface area contributed by atoms with Crippen molar-refractivity contribution in [2.75, 3.05) is 0 Å². The molecule has 0 radical (unpaired) electrons. The van der Waals surface area contributed by atoms with Gasteiger partial charge in [0.05, 0.1) is 11.0 Å². The van der Waals surface area contributed by atoms with Crippen molar-refractivity contribution in [1.82, 2.24) is 9.55 Å². The number of benzene rings is 2. The van der Waals surface area contributed by atoms with Crippen LogP contribution in [0.2, 0.25) is 0 Å². The zero-order valence-electron chi connectivity index (χ0n) is 12.4. The summed E-state index contributed by atoms with van der Waals surface area (Å²) >= 11 is 0. The Labute approximate surface area is 120 Å². The van der Waals surface area contributed by atoms with Crippen LogP contribution in [0.25, 0.3) is 11.0 Å². The van der Waals surface area contributed by atoms with Crippen molar-refractivity contribution in [3.05, 3.63) is 65.0 Å². The molecule has 0 amide bonds. The Balaban J connectivity index is 1.88. The zero-order chi connectivity index (χ0) is 14.1. The largest absolute Gasteiger partial charge is 0.331 e. The molecule has 2 heteroatoms. The second kappa shape index (κ2) is 5.12. The Kier molecular flexibility index (Phi) is 3.31. The number of hydrogen-bond acceptors (Lipinski definition) is 1. The molecule has 3 rings (SSSR count). The fourth-order valence-corrected chi connectivity index (χ4v) is 2.71. The van der Waals surface area contributed by atoms with Gasteiger partial charge in [0.15, 0.2) is 0 Å². The second-order valence-electron chi connectivity index (χ2n) is 5.51. The van der Waals surface area contributed by atoms with Crippen LogP contribution in [0.4, 0.5) is 0 Å². The minimum Gasteiger partial charge on any atom is -0.331 e. The molecule has 0 aliphatic heterocycles. The van der Waals surface area contributed by atoms with Crippen molar-refractivity contribution in [3.63, 3.8) is 0 Å². The summed E-state index contributed by atoms with van der Waals surface area (Å²) in [6.07, 6.45) is 2.03. The molecule has 0 saturated carbocycles. The van der Waals surface area contributed by atoms with Crippen molar-refractivity contribution >= 4 is 11.0 Å². The van der Waals surface area contributed by atoms with Gasteiger partial charge in [-0.2, -0.15) is 0 Å². The second-order valence-corrected chi connectivity index (χ2v) is 5.51. The van der Waals surface area contributed by atoms with Crippen LogP contribution in [0, 0.1) is 13.8 Å². The first kappa shape index (κ1) is 12.9. The van der Waals surface area contributed by atoms with Gasteiger partial charge < -0.3 is 4.57 Å². The van der Waals surface area contributed by atoms with E-state index in [1.54, 1.807) is 0 Å². The van der Waals surface area contributed by atoms with Gasteiger partial charge in [-0.1, -0.05) is 30.3 Å². The predicted octanol–water partition coefficient (Wildman–Crippen LogP) is 3.98. The van der Waals surface area contributed by atoms with E-state index < -0.39 is 0 Å². The summed E-state index contributed by atoms with van der Waals surface area (Å²) in [5.74, 6) is 1.16. The van der Waals surface area contributed by atoms with Gasteiger partial charge in [-0.25, -0.2) is 4.98 Å². The van der Waals surface area contributed by atoms with Crippen molar-refractivity contribution < 1.29 is 0 Å². The number of aryl methyl sites for hydroxylation is 5. The van der Waals surface area contributed by atoms with E-state index in [0.29, 0.717) is 0 Å². The first-order chi connectivity index (χ1) is 9.65. The first-order valence-corrected chi connectivity index (χ1v) is 7.11. The summed E-state index contributed by atoms with van der Waals surface area (Å²) < 4.78 is 2.22. The third kappa shape index (κ3) is 2.34. The standard InChI is InChI=1S/C18H20N2/c1-13-8-10-16-17(12-13)20(3)18(19-16)11-9-15-7-5-4-6-14(15)2/h4-8,10,12H,9,11H2,1-3H3. The predicted molar refractivity (Wildman–Crippen MR) is 84.0 cm³/mol. The van der Waals surface area contributed by atoms with Crippen LogP contribution in [0.5, 0.6) is 0 Å². The molecule has 2 nitrogen and oxygen atoms in total. The highest BCUT2D eigenvalue weighted by Crippen LogP contribution is 2.18. The monoisotopic (exact) mass is 264 g/mol. The summed E-state index contributed by atoms with van der Waals surface area (Å²) in [4.78, 5) is 4.76. The molecule has 3 aromatic rings. The fraction of sp³-hybridized carbons (Fsp3) is 0.278. The molecule has 0 spiro atoms. The molecule has 0 bridgehead atoms. The molecule has 1 heterocycles. The maximum absolute atomic E-state index is 4.76. The normalized spacial score (nSPS) is 11.2. The lowest BCUT2D eigenvalue weighted by atomic mass is 10.0. The van der Waals surface area contributed by atoms with Crippen LogP contribution in [0.3, 0.4) is 0 Å². The van der Waals surface area contributed by atoms with Gasteiger partial charge in [0.1, 0.15) is 5.82 Å². The lowest BCUT2D eigenvalue weighted by Crippen LogP contribution is -2.01. The molecule has 102 valence electrons. The van der Waals surface area contributed by atoms with Crippen LogP contribution >= 0.6 is 0 Å². The average Bonchev–Trinajstić information content (AvgIpc) is 2.75. The number of rotatable bonds is 3. The number of fused-ring (bicyclic) bond motifs is 1. The van der Waals surface area contributed by atoms with Gasteiger partial charge in [0.2, 0.25) is 0 Å². The maximum Gasteiger partial charge on any atom is 0.109 e. The Hall–Kier alpha value is -2.09. The van der Waals surface area contributed by atoms with Gasteiger partial charge in [-0.15, -0.1) is 0 Å². The smallest absolute Gasteiger partial charge is 0.109 e. The highest BCUT2D eigenvalue weighted by Gasteiger charge is 2.08. The molecule has 2 aromatic carbocycles. The van der Waals surface area contributed by atoms with Gasteiger partial charge in [-0.05, 0) is 49.1 Å². The number of aromatic nitrogens is 2. The van der Waals surface area contributed by atoms with E-state index in [4.69, 9.17) is 4.98 Å². The first-order valence-electron chi connectivity index (χ1n) is 7.11. The minimum atomic E-state index is 0.981. The third-order valence-electron chi connectivity index (χ3n) is 4.01. The molecular formula is C18H20N2. The van der Waals surface area contributed by atoms with Crippen molar-refractivity contribution in [3.8, 4) is 0 Å². The van der Waals surface area contributed by atoms with E-state index in [9.17, 15) is 0 Å². The topological polar surface area (TPSA) is 17.8 Å². The summed E-state index contributed by atoms with van der Waals surface area (Å²) in [7, 11) is 2.11. The molecule has 1 aromatic heterocycles. The van der Waals surface area contributed by atoms with E-state index >= 15 is 0 Å². The zero-order valence-corrected chi connectivity index (χ0v) is 12.4. The quantitative estimate of drug-likeness (QED) is 0.699. The molecule has 0 atom stereocenters. The SMILES string of the molecule is Cc1ccc2nc(CCc3ccccc3C)n(C)c2c1. The van der Waals surface area contributed by atoms with E-state index in [2.05, 4.69) is 67.9 Å². The van der Waals surface area contributed by atoms with Crippen LogP contribution in [0.1, 0.15) is 22.5 Å². The van der Waals surface area contributed by atoms with E-state index in [1.165, 1.54) is 22.2 Å². The summed E-state index contributed by atoms with van der Waals surface area (Å²) in [6, 6.07) is 15.0. The molecule has 0 fully saturated rings. The summed E-state index contributed by atoms with van der Waals surface area (Å²) in [5.41, 5.74) is 6.38. The van der Waals surface area contributed by atoms with Crippen molar-refractivity contribution in [2.45, 2.75) is 26.7 Å². The van der Waals surface area contributed by atoms with Crippen molar-refractivity contribution in [1.29, 1.82) is 0 Å². The molecule has 0 aliphatic carbocycles. The van der Waals surface area contributed by atoms with E-state index in [-0.39, 0.29) is 0 Å². The van der Waals surface area contributed by atoms with Gasteiger partial charge in [-0.3, -0.25) is 0 Å². The fourth-order valence-electron chi connectivity index (χ4n) is 2.71. The minimum absolute atomic E-state index is 0.981. The van der Waals surface area contributed by atoms with E-state index in [0.717, 1.165) is 24.2 Å². The Morgan fingerprint density at radius 2 is 1.80 bits per heavy atom. The molecule has 0 aliphatic rings. The van der Waals surface area contributed by atoms with Gasteiger partial charge >= 0.3 is 0 Å². The molecule has 0 saturated heterocycles. The summed E-state index contributed by atoms with van der Waals surface area (Å²) in [5, 5.41) is 0. The highest BCUT2D eigenvalue weighted by molar-refractivity contribution is 5.76. The Bertz CT molecular complexity index is 753. The van der Waals surface area contributed by atoms with Crippen molar-refractivity contribution in [2.24, 2.45) is 7.05 Å². The lowest BCUT2D eigenvalue weighted by Gasteiger charge is -2.05. The van der Waals surface area contributed by atoms with E-state index in [1.807, 2.05) is 0 Å². The van der Waals surface area contributed by atoms with Gasteiger partial charge in [0, 0.05) is 13.5 Å².